The summed E-state index contributed by atoms with van der Waals surface area (Å²) in [4.78, 5) is 29.0. The first-order valence-electron chi connectivity index (χ1n) is 6.40. The molecule has 1 heterocycles. The predicted molar refractivity (Wildman–Crippen MR) is 68.8 cm³/mol. The first-order chi connectivity index (χ1) is 10.5. The van der Waals surface area contributed by atoms with Crippen LogP contribution in [0.25, 0.3) is 0 Å². The second-order valence-corrected chi connectivity index (χ2v) is 6.19. The molecule has 0 aromatic heterocycles. The molecule has 1 rings (SSSR count). The SMILES string of the molecule is O=C(C(O)C(O)C(O)CO)C1O[C@H](COP(=O)(O)O)[C@@H](O)[C@H]1O. The van der Waals surface area contributed by atoms with Gasteiger partial charge >= 0.3 is 7.82 Å². The number of aliphatic hydroxyl groups excluding tert-OH is 6. The minimum absolute atomic E-state index is 0.843. The van der Waals surface area contributed by atoms with Crippen LogP contribution < -0.4 is 0 Å². The van der Waals surface area contributed by atoms with Crippen LogP contribution in [0.1, 0.15) is 0 Å². The molecular weight excluding hydrogens is 343 g/mol. The second-order valence-electron chi connectivity index (χ2n) is 4.95. The van der Waals surface area contributed by atoms with Crippen molar-refractivity contribution in [2.45, 2.75) is 42.7 Å². The van der Waals surface area contributed by atoms with Crippen LogP contribution in [0.4, 0.5) is 0 Å². The molecule has 1 fully saturated rings. The summed E-state index contributed by atoms with van der Waals surface area (Å²) in [6.07, 6.45) is -13.0. The number of ketones is 1. The molecule has 4 unspecified atom stereocenters. The largest absolute Gasteiger partial charge is 0.469 e. The minimum Gasteiger partial charge on any atom is -0.394 e. The number of hydrogen-bond acceptors (Lipinski definition) is 10. The Balaban J connectivity index is 2.73. The number of carbonyl (C=O) groups excluding carboxylic acids is 1. The molecule has 1 saturated heterocycles. The molecule has 136 valence electrons. The van der Waals surface area contributed by atoms with Crippen molar-refractivity contribution in [2.24, 2.45) is 0 Å². The Bertz CT molecular complexity index is 451. The van der Waals surface area contributed by atoms with Crippen molar-refractivity contribution >= 4 is 13.6 Å². The third-order valence-corrected chi connectivity index (χ3v) is 3.73. The number of rotatable bonds is 8. The van der Waals surface area contributed by atoms with E-state index in [0.29, 0.717) is 0 Å². The van der Waals surface area contributed by atoms with Gasteiger partial charge in [0.15, 0.2) is 5.78 Å². The van der Waals surface area contributed by atoms with Gasteiger partial charge in [-0.25, -0.2) is 4.57 Å². The number of hydrogen-bond donors (Lipinski definition) is 8. The van der Waals surface area contributed by atoms with Crippen LogP contribution in [-0.2, 0) is 18.6 Å². The van der Waals surface area contributed by atoms with Crippen molar-refractivity contribution in [3.8, 4) is 0 Å². The normalized spacial score (nSPS) is 32.5. The van der Waals surface area contributed by atoms with Gasteiger partial charge in [-0.05, 0) is 0 Å². The Morgan fingerprint density at radius 3 is 2.22 bits per heavy atom. The van der Waals surface area contributed by atoms with E-state index in [2.05, 4.69) is 4.52 Å². The molecule has 1 aliphatic heterocycles. The van der Waals surface area contributed by atoms with Crippen LogP contribution in [0.15, 0.2) is 0 Å². The molecule has 0 saturated carbocycles. The van der Waals surface area contributed by atoms with Gasteiger partial charge in [0.1, 0.15) is 42.7 Å². The van der Waals surface area contributed by atoms with Gasteiger partial charge in [0.2, 0.25) is 0 Å². The van der Waals surface area contributed by atoms with E-state index in [4.69, 9.17) is 24.7 Å². The topological polar surface area (TPSA) is 214 Å². The van der Waals surface area contributed by atoms with Crippen LogP contribution in [-0.4, -0.2) is 102 Å². The van der Waals surface area contributed by atoms with E-state index in [1.54, 1.807) is 0 Å². The number of aliphatic hydroxyl groups is 6. The summed E-state index contributed by atoms with van der Waals surface area (Å²) < 4.78 is 19.6. The highest BCUT2D eigenvalue weighted by Crippen LogP contribution is 2.37. The van der Waals surface area contributed by atoms with E-state index in [9.17, 15) is 29.8 Å². The fraction of sp³-hybridized carbons (Fsp3) is 0.900. The second kappa shape index (κ2) is 8.05. The van der Waals surface area contributed by atoms with Crippen molar-refractivity contribution in [1.29, 1.82) is 0 Å². The lowest BCUT2D eigenvalue weighted by molar-refractivity contribution is -0.154. The Morgan fingerprint density at radius 2 is 1.74 bits per heavy atom. The Kier molecular flexibility index (Phi) is 7.19. The number of ether oxygens (including phenoxy) is 1. The lowest BCUT2D eigenvalue weighted by Crippen LogP contribution is -2.50. The highest BCUT2D eigenvalue weighted by molar-refractivity contribution is 7.46. The van der Waals surface area contributed by atoms with Gasteiger partial charge in [0, 0.05) is 0 Å². The molecule has 8 N–H and O–H groups in total. The zero-order valence-electron chi connectivity index (χ0n) is 11.6. The smallest absolute Gasteiger partial charge is 0.394 e. The van der Waals surface area contributed by atoms with Gasteiger partial charge in [0.05, 0.1) is 13.2 Å². The molecule has 0 aromatic rings. The fourth-order valence-corrected chi connectivity index (χ4v) is 2.29. The lowest BCUT2D eigenvalue weighted by Gasteiger charge is -2.23. The van der Waals surface area contributed by atoms with E-state index in [0.717, 1.165) is 0 Å². The molecule has 7 atom stereocenters. The molecule has 13 heteroatoms. The van der Waals surface area contributed by atoms with Crippen molar-refractivity contribution in [3.63, 3.8) is 0 Å². The number of phosphoric ester groups is 1. The molecule has 0 radical (unpaired) electrons. The summed E-state index contributed by atoms with van der Waals surface area (Å²) >= 11 is 0. The van der Waals surface area contributed by atoms with Crippen LogP contribution in [0, 0.1) is 0 Å². The van der Waals surface area contributed by atoms with Crippen molar-refractivity contribution in [2.75, 3.05) is 13.2 Å². The minimum atomic E-state index is -4.87. The van der Waals surface area contributed by atoms with Crippen LogP contribution >= 0.6 is 7.82 Å². The van der Waals surface area contributed by atoms with Gasteiger partial charge in [-0.2, -0.15) is 0 Å². The van der Waals surface area contributed by atoms with E-state index < -0.39 is 69.5 Å². The molecule has 23 heavy (non-hydrogen) atoms. The number of phosphoric acid groups is 1. The van der Waals surface area contributed by atoms with Gasteiger partial charge in [-0.1, -0.05) is 0 Å². The van der Waals surface area contributed by atoms with Gasteiger partial charge in [0.25, 0.3) is 0 Å². The summed E-state index contributed by atoms with van der Waals surface area (Å²) in [6, 6.07) is 0. The Hall–Kier alpha value is -0.500. The summed E-state index contributed by atoms with van der Waals surface area (Å²) in [7, 11) is -4.87. The molecule has 0 aromatic carbocycles. The molecule has 0 amide bonds. The van der Waals surface area contributed by atoms with Crippen molar-refractivity contribution < 1.29 is 59.0 Å². The highest BCUT2D eigenvalue weighted by Gasteiger charge is 2.49. The molecule has 1 aliphatic rings. The first-order valence-corrected chi connectivity index (χ1v) is 7.93. The summed E-state index contributed by atoms with van der Waals surface area (Å²) in [5, 5.41) is 56.2. The summed E-state index contributed by atoms with van der Waals surface area (Å²) in [5.74, 6) is -1.30. The molecule has 0 spiro atoms. The van der Waals surface area contributed by atoms with Crippen LogP contribution in [0.2, 0.25) is 0 Å². The Labute approximate surface area is 129 Å². The maximum absolute atomic E-state index is 11.9. The van der Waals surface area contributed by atoms with E-state index in [1.807, 2.05) is 0 Å². The standard InChI is InChI=1S/C10H19O12P/c11-1-3(12)5(13)7(15)9(17)10-8(16)6(14)4(22-10)2-21-23(18,19)20/h3-8,10-16H,1-2H2,(H2,18,19,20)/t3?,4-,5?,6-,7?,8-,10?/m1/s1. The quantitative estimate of drug-likeness (QED) is 0.191. The molecular formula is C10H19O12P. The third kappa shape index (κ3) is 5.24. The zero-order chi connectivity index (χ0) is 17.9. The first kappa shape index (κ1) is 20.5. The number of Topliss-reactive ketones (excluding diaryl/α,β-unsaturated/α-hetero) is 1. The average molecular weight is 362 g/mol. The molecule has 0 bridgehead atoms. The van der Waals surface area contributed by atoms with Crippen molar-refractivity contribution in [3.05, 3.63) is 0 Å². The summed E-state index contributed by atoms with van der Waals surface area (Å²) in [6.45, 7) is -1.79. The van der Waals surface area contributed by atoms with Crippen molar-refractivity contribution in [1.82, 2.24) is 0 Å². The maximum atomic E-state index is 11.9. The van der Waals surface area contributed by atoms with Crippen LogP contribution in [0.5, 0.6) is 0 Å². The van der Waals surface area contributed by atoms with Gasteiger partial charge < -0.3 is 45.2 Å². The van der Waals surface area contributed by atoms with E-state index in [1.165, 1.54) is 0 Å². The summed E-state index contributed by atoms with van der Waals surface area (Å²) in [5.41, 5.74) is 0. The predicted octanol–water partition coefficient (Wildman–Crippen LogP) is -4.77. The maximum Gasteiger partial charge on any atom is 0.469 e. The zero-order valence-corrected chi connectivity index (χ0v) is 12.5. The van der Waals surface area contributed by atoms with Gasteiger partial charge in [-0.15, -0.1) is 0 Å². The van der Waals surface area contributed by atoms with E-state index in [-0.39, 0.29) is 0 Å². The lowest BCUT2D eigenvalue weighted by atomic mass is 9.97. The fourth-order valence-electron chi connectivity index (χ4n) is 1.95. The Morgan fingerprint density at radius 1 is 1.17 bits per heavy atom. The number of carbonyl (C=O) groups is 1. The monoisotopic (exact) mass is 362 g/mol. The van der Waals surface area contributed by atoms with Crippen LogP contribution in [0.3, 0.4) is 0 Å². The average Bonchev–Trinajstić information content (AvgIpc) is 2.77. The molecule has 12 nitrogen and oxygen atoms in total. The van der Waals surface area contributed by atoms with E-state index >= 15 is 0 Å². The molecule has 0 aliphatic carbocycles. The van der Waals surface area contributed by atoms with Gasteiger partial charge in [-0.3, -0.25) is 9.32 Å². The highest BCUT2D eigenvalue weighted by atomic mass is 31.2. The third-order valence-electron chi connectivity index (χ3n) is 3.25.